The van der Waals surface area contributed by atoms with Gasteiger partial charge in [-0.1, -0.05) is 23.6 Å². The minimum atomic E-state index is -0.302. The molecule has 2 aliphatic rings. The minimum absolute atomic E-state index is 0.175. The zero-order chi connectivity index (χ0) is 15.4. The van der Waals surface area contributed by atoms with Crippen molar-refractivity contribution in [2.24, 2.45) is 0 Å². The lowest BCUT2D eigenvalue weighted by atomic mass is 10.0. The monoisotopic (exact) mass is 295 g/mol. The van der Waals surface area contributed by atoms with Crippen LogP contribution in [0.3, 0.4) is 0 Å². The molecule has 110 valence electrons. The summed E-state index contributed by atoms with van der Waals surface area (Å²) < 4.78 is 18.8. The van der Waals surface area contributed by atoms with Gasteiger partial charge in [0.25, 0.3) is 0 Å². The average molecular weight is 295 g/mol. The van der Waals surface area contributed by atoms with Crippen molar-refractivity contribution in [3.8, 4) is 0 Å². The highest BCUT2D eigenvalue weighted by Gasteiger charge is 2.26. The van der Waals surface area contributed by atoms with E-state index in [2.05, 4.69) is 16.8 Å². The minimum Gasteiger partial charge on any atom is -0.491 e. The predicted molar refractivity (Wildman–Crippen MR) is 80.1 cm³/mol. The number of carbonyl (C=O) groups excluding carboxylic acids is 1. The Morgan fingerprint density at radius 3 is 3.00 bits per heavy atom. The van der Waals surface area contributed by atoms with Gasteiger partial charge in [0.15, 0.2) is 0 Å². The fourth-order valence-corrected chi connectivity index (χ4v) is 2.34. The summed E-state index contributed by atoms with van der Waals surface area (Å²) in [6.07, 6.45) is 7.59. The van der Waals surface area contributed by atoms with E-state index in [1.165, 1.54) is 18.2 Å². The molecule has 4 heteroatoms. The quantitative estimate of drug-likeness (QED) is 0.848. The number of amides is 1. The van der Waals surface area contributed by atoms with E-state index in [1.807, 2.05) is 12.2 Å². The zero-order valence-corrected chi connectivity index (χ0v) is 11.8. The molecule has 1 heterocycles. The van der Waals surface area contributed by atoms with Gasteiger partial charge in [-0.3, -0.25) is 4.79 Å². The van der Waals surface area contributed by atoms with Crippen LogP contribution in [0, 0.1) is 5.82 Å². The van der Waals surface area contributed by atoms with E-state index < -0.39 is 0 Å². The molecule has 0 saturated carbocycles. The first-order chi connectivity index (χ1) is 10.7. The van der Waals surface area contributed by atoms with Crippen molar-refractivity contribution in [1.82, 2.24) is 5.32 Å². The number of nitrogens with one attached hydrogen (secondary N) is 1. The van der Waals surface area contributed by atoms with E-state index in [0.29, 0.717) is 12.2 Å². The maximum absolute atomic E-state index is 13.2. The smallest absolute Gasteiger partial charge is 0.248 e. The molecule has 1 atom stereocenters. The Kier molecular flexibility index (Phi) is 4.06. The van der Waals surface area contributed by atoms with Crippen molar-refractivity contribution < 1.29 is 13.9 Å². The lowest BCUT2D eigenvalue weighted by Gasteiger charge is -2.17. The van der Waals surface area contributed by atoms with Crippen molar-refractivity contribution in [2.45, 2.75) is 19.1 Å². The van der Waals surface area contributed by atoms with Crippen molar-refractivity contribution in [3.05, 3.63) is 82.7 Å². The number of hydrogen-bond donors (Lipinski definition) is 1. The Labute approximate surface area is 127 Å². The molecule has 1 aliphatic carbocycles. The largest absolute Gasteiger partial charge is 0.491 e. The number of benzene rings is 1. The van der Waals surface area contributed by atoms with Gasteiger partial charge in [0.2, 0.25) is 5.91 Å². The summed E-state index contributed by atoms with van der Waals surface area (Å²) in [6, 6.07) is 6.01. The summed E-state index contributed by atoms with van der Waals surface area (Å²) in [7, 11) is 0. The van der Waals surface area contributed by atoms with Gasteiger partial charge in [-0.2, -0.15) is 0 Å². The van der Waals surface area contributed by atoms with Crippen molar-refractivity contribution in [2.75, 3.05) is 0 Å². The second kappa shape index (κ2) is 6.31. The second-order valence-electron chi connectivity index (χ2n) is 5.07. The Balaban J connectivity index is 1.64. The van der Waals surface area contributed by atoms with Gasteiger partial charge >= 0.3 is 0 Å². The second-order valence-corrected chi connectivity index (χ2v) is 5.07. The maximum atomic E-state index is 13.2. The van der Waals surface area contributed by atoms with Crippen molar-refractivity contribution in [3.63, 3.8) is 0 Å². The molecule has 0 radical (unpaired) electrons. The van der Waals surface area contributed by atoms with E-state index in [-0.39, 0.29) is 24.4 Å². The Morgan fingerprint density at radius 2 is 2.23 bits per heavy atom. The van der Waals surface area contributed by atoms with Crippen LogP contribution in [-0.2, 0) is 16.1 Å². The summed E-state index contributed by atoms with van der Waals surface area (Å²) in [5.41, 5.74) is 7.48. The first kappa shape index (κ1) is 14.2. The Bertz CT molecular complexity index is 763. The molecule has 0 spiro atoms. The van der Waals surface area contributed by atoms with Crippen molar-refractivity contribution in [1.29, 1.82) is 0 Å². The molecule has 1 N–H and O–H groups in total. The molecule has 0 fully saturated rings. The van der Waals surface area contributed by atoms with E-state index in [0.717, 1.165) is 11.1 Å². The Hall–Kier alpha value is -2.80. The van der Waals surface area contributed by atoms with Gasteiger partial charge in [0, 0.05) is 12.5 Å². The Morgan fingerprint density at radius 1 is 1.32 bits per heavy atom. The molecule has 3 nitrogen and oxygen atoms in total. The van der Waals surface area contributed by atoms with Crippen LogP contribution in [0.15, 0.2) is 71.4 Å². The summed E-state index contributed by atoms with van der Waals surface area (Å²) in [4.78, 5) is 11.6. The van der Waals surface area contributed by atoms with Crippen LogP contribution in [0.5, 0.6) is 0 Å². The third kappa shape index (κ3) is 3.44. The molecule has 1 aliphatic heterocycles. The fourth-order valence-electron chi connectivity index (χ4n) is 2.34. The first-order valence-corrected chi connectivity index (χ1v) is 6.97. The zero-order valence-electron chi connectivity index (χ0n) is 11.8. The molecule has 1 aromatic carbocycles. The van der Waals surface area contributed by atoms with Gasteiger partial charge in [-0.15, -0.1) is 0 Å². The van der Waals surface area contributed by atoms with E-state index in [9.17, 15) is 9.18 Å². The van der Waals surface area contributed by atoms with Crippen LogP contribution in [-0.4, -0.2) is 11.9 Å². The third-order valence-electron chi connectivity index (χ3n) is 3.39. The first-order valence-electron chi connectivity index (χ1n) is 6.97. The standard InChI is InChI=1S/C18H14FNO2/c19-15-8-4-7-14(9-15)12-22-17-11-18(21)20-16(17)10-13-5-2-1-3-6-13/h2,4-9,11,16H,10,12H2,(H,20,21)/t16-/m0/s1. The molecular weight excluding hydrogens is 281 g/mol. The number of rotatable bonds is 5. The highest BCUT2D eigenvalue weighted by atomic mass is 19.1. The third-order valence-corrected chi connectivity index (χ3v) is 3.39. The van der Waals surface area contributed by atoms with Crippen LogP contribution in [0.4, 0.5) is 4.39 Å². The van der Waals surface area contributed by atoms with E-state index >= 15 is 0 Å². The van der Waals surface area contributed by atoms with Crippen LogP contribution >= 0.6 is 0 Å². The van der Waals surface area contributed by atoms with Crippen LogP contribution in [0.2, 0.25) is 0 Å². The number of ether oxygens (including phenoxy) is 1. The molecule has 3 rings (SSSR count). The van der Waals surface area contributed by atoms with E-state index in [1.54, 1.807) is 18.2 Å². The molecular formula is C18H14FNO2. The highest BCUT2D eigenvalue weighted by Crippen LogP contribution is 2.21. The summed E-state index contributed by atoms with van der Waals surface area (Å²) in [6.45, 7) is 0.226. The van der Waals surface area contributed by atoms with Crippen LogP contribution in [0.1, 0.15) is 12.0 Å². The van der Waals surface area contributed by atoms with Gasteiger partial charge in [0.1, 0.15) is 18.2 Å². The summed E-state index contributed by atoms with van der Waals surface area (Å²) >= 11 is 0. The highest BCUT2D eigenvalue weighted by molar-refractivity contribution is 5.91. The molecule has 0 aromatic heterocycles. The number of carbonyl (C=O) groups is 1. The molecule has 22 heavy (non-hydrogen) atoms. The molecule has 0 saturated heterocycles. The molecule has 0 unspecified atom stereocenters. The molecule has 1 amide bonds. The summed E-state index contributed by atoms with van der Waals surface area (Å²) in [5, 5.41) is 2.85. The average Bonchev–Trinajstić information content (AvgIpc) is 2.86. The SMILES string of the molecule is O=C1C=C(OCc2cccc(F)c2)[C@H](CC2=CC=C=C=C2)N1. The lowest BCUT2D eigenvalue weighted by molar-refractivity contribution is -0.116. The molecule has 0 bridgehead atoms. The van der Waals surface area contributed by atoms with Crippen LogP contribution < -0.4 is 5.32 Å². The number of hydrogen-bond acceptors (Lipinski definition) is 2. The van der Waals surface area contributed by atoms with Crippen molar-refractivity contribution >= 4 is 5.91 Å². The molecule has 1 aromatic rings. The topological polar surface area (TPSA) is 38.3 Å². The predicted octanol–water partition coefficient (Wildman–Crippen LogP) is 2.92. The van der Waals surface area contributed by atoms with Gasteiger partial charge in [0.05, 0.1) is 6.04 Å². The van der Waals surface area contributed by atoms with Gasteiger partial charge < -0.3 is 10.1 Å². The van der Waals surface area contributed by atoms with Crippen LogP contribution in [0.25, 0.3) is 0 Å². The summed E-state index contributed by atoms with van der Waals surface area (Å²) in [5.74, 6) is 0.0936. The lowest BCUT2D eigenvalue weighted by Crippen LogP contribution is -2.29. The van der Waals surface area contributed by atoms with Gasteiger partial charge in [-0.05, 0) is 41.5 Å². The van der Waals surface area contributed by atoms with Gasteiger partial charge in [-0.25, -0.2) is 4.39 Å². The maximum Gasteiger partial charge on any atom is 0.248 e. The number of halogens is 1. The fraction of sp³-hybridized carbons (Fsp3) is 0.167. The normalized spacial score (nSPS) is 19.0. The van der Waals surface area contributed by atoms with E-state index in [4.69, 9.17) is 4.74 Å². The number of allylic oxidation sites excluding steroid dienone is 3.